The fraction of sp³-hybridized carbons (Fsp3) is 0.267. The molecule has 2 bridgehead atoms. The highest BCUT2D eigenvalue weighted by Crippen LogP contribution is 2.38. The molecule has 3 aromatic rings. The zero-order valence-electron chi connectivity index (χ0n) is 21.3. The first-order valence-electron chi connectivity index (χ1n) is 12.6. The first-order chi connectivity index (χ1) is 18.4. The van der Waals surface area contributed by atoms with Gasteiger partial charge in [0.2, 0.25) is 11.6 Å². The van der Waals surface area contributed by atoms with Gasteiger partial charge in [-0.15, -0.1) is 0 Å². The molecular formula is C30H28O8. The number of hydrogen-bond donors (Lipinski definition) is 0. The summed E-state index contributed by atoms with van der Waals surface area (Å²) in [6, 6.07) is 15.8. The maximum Gasteiger partial charge on any atom is 0.379 e. The Morgan fingerprint density at radius 1 is 0.684 bits per heavy atom. The molecule has 196 valence electrons. The lowest BCUT2D eigenvalue weighted by Gasteiger charge is -2.15. The van der Waals surface area contributed by atoms with Crippen LogP contribution in [0.5, 0.6) is 28.7 Å². The molecule has 1 aliphatic carbocycles. The summed E-state index contributed by atoms with van der Waals surface area (Å²) in [7, 11) is 0. The molecule has 38 heavy (non-hydrogen) atoms. The number of hydrogen-bond acceptors (Lipinski definition) is 8. The van der Waals surface area contributed by atoms with E-state index in [9.17, 15) is 19.2 Å². The third-order valence-corrected chi connectivity index (χ3v) is 5.85. The zero-order chi connectivity index (χ0) is 27.1. The summed E-state index contributed by atoms with van der Waals surface area (Å²) < 4.78 is 22.8. The molecule has 8 nitrogen and oxygen atoms in total. The third kappa shape index (κ3) is 6.08. The number of esters is 1. The Morgan fingerprint density at radius 3 is 2.08 bits per heavy atom. The molecule has 0 amide bonds. The van der Waals surface area contributed by atoms with Gasteiger partial charge in [0.25, 0.3) is 5.78 Å². The van der Waals surface area contributed by atoms with Crippen LogP contribution in [-0.4, -0.2) is 36.5 Å². The quantitative estimate of drug-likeness (QED) is 0.112. The van der Waals surface area contributed by atoms with Crippen molar-refractivity contribution < 1.29 is 38.1 Å². The number of fused-ring (bicyclic) bond motifs is 2. The summed E-state index contributed by atoms with van der Waals surface area (Å²) in [5.41, 5.74) is 0.783. The van der Waals surface area contributed by atoms with E-state index in [2.05, 4.69) is 0 Å². The van der Waals surface area contributed by atoms with E-state index in [0.717, 1.165) is 19.3 Å². The van der Waals surface area contributed by atoms with Crippen LogP contribution < -0.4 is 14.2 Å². The van der Waals surface area contributed by atoms with Crippen molar-refractivity contribution in [2.75, 3.05) is 13.2 Å². The second kappa shape index (κ2) is 12.2. The number of carbonyl (C=O) groups is 4. The molecule has 4 rings (SSSR count). The number of unbranched alkanes of at least 4 members (excludes halogenated alkanes) is 2. The summed E-state index contributed by atoms with van der Waals surface area (Å²) in [6.07, 6.45) is 3.33. The van der Waals surface area contributed by atoms with Crippen LogP contribution in [0, 0.1) is 0 Å². The minimum Gasteiger partial charge on any atom is -0.490 e. The Bertz CT molecular complexity index is 1360. The van der Waals surface area contributed by atoms with Crippen LogP contribution in [0.4, 0.5) is 0 Å². The minimum absolute atomic E-state index is 0.203. The van der Waals surface area contributed by atoms with Crippen LogP contribution in [0.2, 0.25) is 0 Å². The summed E-state index contributed by atoms with van der Waals surface area (Å²) in [5, 5.41) is 0. The van der Waals surface area contributed by atoms with Gasteiger partial charge in [0, 0.05) is 17.2 Å². The van der Waals surface area contributed by atoms with Crippen molar-refractivity contribution in [3.8, 4) is 28.7 Å². The van der Waals surface area contributed by atoms with Crippen LogP contribution in [0.15, 0.2) is 60.7 Å². The molecule has 8 heteroatoms. The molecule has 0 fully saturated rings. The number of ketones is 3. The molecule has 0 N–H and O–H groups in total. The van der Waals surface area contributed by atoms with Gasteiger partial charge >= 0.3 is 5.97 Å². The van der Waals surface area contributed by atoms with Gasteiger partial charge in [0.1, 0.15) is 17.2 Å². The molecule has 0 spiro atoms. The lowest BCUT2D eigenvalue weighted by Crippen LogP contribution is -2.18. The van der Waals surface area contributed by atoms with E-state index in [-0.39, 0.29) is 23.5 Å². The average Bonchev–Trinajstić information content (AvgIpc) is 3.16. The summed E-state index contributed by atoms with van der Waals surface area (Å²) >= 11 is 0. The van der Waals surface area contributed by atoms with Crippen LogP contribution in [0.1, 0.15) is 70.6 Å². The Labute approximate surface area is 220 Å². The lowest BCUT2D eigenvalue weighted by atomic mass is 10.1. The minimum atomic E-state index is -0.881. The zero-order valence-corrected chi connectivity index (χ0v) is 21.3. The molecule has 1 aliphatic rings. The van der Waals surface area contributed by atoms with E-state index in [0.29, 0.717) is 41.6 Å². The molecular weight excluding hydrogens is 488 g/mol. The van der Waals surface area contributed by atoms with E-state index in [1.54, 1.807) is 42.5 Å². The van der Waals surface area contributed by atoms with Crippen molar-refractivity contribution >= 4 is 23.3 Å². The molecule has 0 saturated heterocycles. The molecule has 3 aromatic carbocycles. The van der Waals surface area contributed by atoms with Gasteiger partial charge in [-0.1, -0.05) is 26.7 Å². The van der Waals surface area contributed by atoms with Gasteiger partial charge in [0.15, 0.2) is 11.5 Å². The maximum absolute atomic E-state index is 12.3. The van der Waals surface area contributed by atoms with Gasteiger partial charge in [-0.2, -0.15) is 0 Å². The Morgan fingerprint density at radius 2 is 1.34 bits per heavy atom. The largest absolute Gasteiger partial charge is 0.490 e. The first kappa shape index (κ1) is 26.6. The fourth-order valence-electron chi connectivity index (χ4n) is 3.69. The highest BCUT2D eigenvalue weighted by molar-refractivity contribution is 6.52. The van der Waals surface area contributed by atoms with Gasteiger partial charge in [-0.3, -0.25) is 14.4 Å². The van der Waals surface area contributed by atoms with Crippen LogP contribution >= 0.6 is 0 Å². The van der Waals surface area contributed by atoms with Crippen LogP contribution in [-0.2, 0) is 9.53 Å². The number of carbonyl (C=O) groups excluding carboxylic acids is 4. The summed E-state index contributed by atoms with van der Waals surface area (Å²) in [5.74, 6) is -0.762. The van der Waals surface area contributed by atoms with Crippen molar-refractivity contribution in [3.63, 3.8) is 0 Å². The number of Topliss-reactive ketones (excluding diaryl/α,β-unsaturated/α-hetero) is 3. The van der Waals surface area contributed by atoms with Crippen molar-refractivity contribution in [3.05, 3.63) is 77.4 Å². The standard InChI is InChI=1S/C30H28O8/c1-3-5-15-35-26-18-22(38-24-13-9-20-17-23(24)29(33)27(20)31)12-14-25(26)37-21-10-7-19(8-11-21)28(32)30(34)36-16-6-4-2/h7-14,17-18H,3-6,15-16H2,1-2H3. The Kier molecular flexibility index (Phi) is 8.53. The maximum atomic E-state index is 12.3. The molecule has 0 unspecified atom stereocenters. The highest BCUT2D eigenvalue weighted by Gasteiger charge is 2.30. The SMILES string of the molecule is CCCCOC(=O)C(=O)c1ccc(Oc2ccc(Oc3ccc4cc3C(=O)C4=O)cc2OCCCC)cc1. The van der Waals surface area contributed by atoms with Gasteiger partial charge in [-0.25, -0.2) is 4.79 Å². The van der Waals surface area contributed by atoms with Crippen molar-refractivity contribution in [1.82, 2.24) is 0 Å². The lowest BCUT2D eigenvalue weighted by molar-refractivity contribution is -0.138. The van der Waals surface area contributed by atoms with E-state index in [4.69, 9.17) is 18.9 Å². The number of ether oxygens (including phenoxy) is 4. The van der Waals surface area contributed by atoms with Crippen molar-refractivity contribution in [2.45, 2.75) is 39.5 Å². The highest BCUT2D eigenvalue weighted by atomic mass is 16.5. The topological polar surface area (TPSA) is 105 Å². The smallest absolute Gasteiger partial charge is 0.379 e. The number of benzene rings is 3. The molecule has 0 heterocycles. The predicted octanol–water partition coefficient (Wildman–Crippen LogP) is 6.36. The normalized spacial score (nSPS) is 11.8. The second-order valence-corrected chi connectivity index (χ2v) is 8.73. The number of rotatable bonds is 13. The van der Waals surface area contributed by atoms with Crippen molar-refractivity contribution in [1.29, 1.82) is 0 Å². The molecule has 0 atom stereocenters. The van der Waals surface area contributed by atoms with Gasteiger partial charge in [0.05, 0.1) is 18.8 Å². The summed E-state index contributed by atoms with van der Waals surface area (Å²) in [6.45, 7) is 4.68. The third-order valence-electron chi connectivity index (χ3n) is 5.85. The van der Waals surface area contributed by atoms with Crippen molar-refractivity contribution in [2.24, 2.45) is 0 Å². The van der Waals surface area contributed by atoms with E-state index < -0.39 is 23.3 Å². The van der Waals surface area contributed by atoms with E-state index in [1.807, 2.05) is 13.8 Å². The Balaban J connectivity index is 1.49. The van der Waals surface area contributed by atoms with Crippen LogP contribution in [0.25, 0.3) is 0 Å². The van der Waals surface area contributed by atoms with E-state index in [1.165, 1.54) is 18.2 Å². The monoisotopic (exact) mass is 516 g/mol. The molecule has 0 aromatic heterocycles. The molecule has 0 aliphatic heterocycles. The van der Waals surface area contributed by atoms with Crippen LogP contribution in [0.3, 0.4) is 0 Å². The van der Waals surface area contributed by atoms with Gasteiger partial charge in [-0.05, 0) is 67.4 Å². The fourth-order valence-corrected chi connectivity index (χ4v) is 3.69. The molecule has 0 radical (unpaired) electrons. The first-order valence-corrected chi connectivity index (χ1v) is 12.6. The second-order valence-electron chi connectivity index (χ2n) is 8.73. The Hall–Kier alpha value is -4.46. The van der Waals surface area contributed by atoms with E-state index >= 15 is 0 Å². The molecule has 0 saturated carbocycles. The van der Waals surface area contributed by atoms with Gasteiger partial charge < -0.3 is 18.9 Å². The average molecular weight is 517 g/mol. The predicted molar refractivity (Wildman–Crippen MR) is 139 cm³/mol. The summed E-state index contributed by atoms with van der Waals surface area (Å²) in [4.78, 5) is 48.3.